The van der Waals surface area contributed by atoms with E-state index in [-0.39, 0.29) is 57.9 Å². The van der Waals surface area contributed by atoms with Crippen molar-refractivity contribution in [2.75, 3.05) is 13.0 Å². The molecule has 0 unspecified atom stereocenters. The Labute approximate surface area is 97.6 Å². The predicted octanol–water partition coefficient (Wildman–Crippen LogP) is -2.01. The van der Waals surface area contributed by atoms with Gasteiger partial charge in [0.25, 0.3) is 0 Å². The molecule has 0 atom stereocenters. The Morgan fingerprint density at radius 2 is 2.38 bits per heavy atom. The number of carbonyl (C=O) groups is 1. The molecule has 0 spiro atoms. The maximum atomic E-state index is 10.1. The fourth-order valence-electron chi connectivity index (χ4n) is 0.142. The van der Waals surface area contributed by atoms with Crippen LogP contribution in [0.1, 0.15) is 8.35 Å². The predicted molar refractivity (Wildman–Crippen MR) is 31.3 cm³/mol. The molecule has 0 aliphatic carbocycles. The van der Waals surface area contributed by atoms with E-state index in [4.69, 9.17) is 0 Å². The van der Waals surface area contributed by atoms with Gasteiger partial charge in [-0.2, -0.15) is 0 Å². The standard InChI is InChI=1S/C4H8O2S.K.H/c1-4(5)7-3-6-2;;/h3H2,1-2H3;;/q;+1;-1. The zero-order chi connectivity index (χ0) is 5.70. The molecule has 0 aliphatic heterocycles. The van der Waals surface area contributed by atoms with Crippen molar-refractivity contribution in [3.63, 3.8) is 0 Å². The molecular formula is C4H9KO2S. The average molecular weight is 160 g/mol. The van der Waals surface area contributed by atoms with Gasteiger partial charge in [-0.1, -0.05) is 11.8 Å². The molecule has 4 heteroatoms. The van der Waals surface area contributed by atoms with Crippen molar-refractivity contribution in [3.8, 4) is 0 Å². The Morgan fingerprint density at radius 1 is 1.88 bits per heavy atom. The first-order valence-electron chi connectivity index (χ1n) is 1.89. The second-order valence-corrected chi connectivity index (χ2v) is 2.14. The molecule has 0 rings (SSSR count). The summed E-state index contributed by atoms with van der Waals surface area (Å²) < 4.78 is 4.59. The van der Waals surface area contributed by atoms with Crippen LogP contribution in [0, 0.1) is 0 Å². The van der Waals surface area contributed by atoms with Crippen molar-refractivity contribution in [3.05, 3.63) is 0 Å². The SMILES string of the molecule is COCSC(C)=O.[H-].[K+]. The second-order valence-electron chi connectivity index (χ2n) is 1.04. The summed E-state index contributed by atoms with van der Waals surface area (Å²) in [5.74, 6) is 0.468. The van der Waals surface area contributed by atoms with Gasteiger partial charge in [0.2, 0.25) is 0 Å². The number of hydrogen-bond acceptors (Lipinski definition) is 3. The van der Waals surface area contributed by atoms with E-state index in [1.807, 2.05) is 0 Å². The fraction of sp³-hybridized carbons (Fsp3) is 0.750. The van der Waals surface area contributed by atoms with Crippen LogP contribution in [0.2, 0.25) is 0 Å². The molecule has 8 heavy (non-hydrogen) atoms. The maximum absolute atomic E-state index is 10.1. The van der Waals surface area contributed by atoms with E-state index in [1.165, 1.54) is 18.7 Å². The van der Waals surface area contributed by atoms with Crippen molar-refractivity contribution in [1.29, 1.82) is 0 Å². The molecule has 0 radical (unpaired) electrons. The van der Waals surface area contributed by atoms with Crippen molar-refractivity contribution >= 4 is 16.9 Å². The van der Waals surface area contributed by atoms with Gasteiger partial charge in [-0.25, -0.2) is 0 Å². The molecule has 0 N–H and O–H groups in total. The molecular weight excluding hydrogens is 151 g/mol. The van der Waals surface area contributed by atoms with Gasteiger partial charge in [0, 0.05) is 14.0 Å². The van der Waals surface area contributed by atoms with E-state index in [0.29, 0.717) is 5.94 Å². The number of ether oxygens (including phenoxy) is 1. The van der Waals surface area contributed by atoms with Gasteiger partial charge in [0.1, 0.15) is 0 Å². The number of thioether (sulfide) groups is 1. The van der Waals surface area contributed by atoms with Gasteiger partial charge in [0.15, 0.2) is 5.12 Å². The molecule has 0 aromatic heterocycles. The van der Waals surface area contributed by atoms with Crippen molar-refractivity contribution in [1.82, 2.24) is 0 Å². The van der Waals surface area contributed by atoms with Crippen LogP contribution in [0.15, 0.2) is 0 Å². The van der Waals surface area contributed by atoms with Crippen LogP contribution < -0.4 is 51.4 Å². The first-order chi connectivity index (χ1) is 3.27. The van der Waals surface area contributed by atoms with Crippen LogP contribution in [-0.4, -0.2) is 18.2 Å². The van der Waals surface area contributed by atoms with Gasteiger partial charge in [-0.3, -0.25) is 4.79 Å². The minimum atomic E-state index is 0. The average Bonchev–Trinajstić information content (AvgIpc) is 1.61. The molecule has 0 saturated heterocycles. The van der Waals surface area contributed by atoms with Crippen molar-refractivity contribution in [2.24, 2.45) is 0 Å². The van der Waals surface area contributed by atoms with E-state index in [2.05, 4.69) is 4.74 Å². The monoisotopic (exact) mass is 160 g/mol. The van der Waals surface area contributed by atoms with Crippen molar-refractivity contribution in [2.45, 2.75) is 6.92 Å². The second kappa shape index (κ2) is 8.62. The molecule has 0 heterocycles. The molecule has 44 valence electrons. The van der Waals surface area contributed by atoms with Crippen LogP contribution in [0.4, 0.5) is 0 Å². The zero-order valence-corrected chi connectivity index (χ0v) is 9.37. The molecule has 0 saturated carbocycles. The summed E-state index contributed by atoms with van der Waals surface area (Å²) in [4.78, 5) is 10.1. The Hall–Kier alpha value is 1.62. The van der Waals surface area contributed by atoms with Crippen LogP contribution in [0.5, 0.6) is 0 Å². The molecule has 0 amide bonds. The van der Waals surface area contributed by atoms with E-state index >= 15 is 0 Å². The Kier molecular flexibility index (Phi) is 13.3. The van der Waals surface area contributed by atoms with E-state index < -0.39 is 0 Å². The third-order valence-corrected chi connectivity index (χ3v) is 1.14. The van der Waals surface area contributed by atoms with Gasteiger partial charge >= 0.3 is 51.4 Å². The Balaban J connectivity index is -0.000000180. The van der Waals surface area contributed by atoms with Crippen LogP contribution >= 0.6 is 11.8 Å². The summed E-state index contributed by atoms with van der Waals surface area (Å²) in [6.45, 7) is 1.52. The number of hydrogen-bond donors (Lipinski definition) is 0. The summed E-state index contributed by atoms with van der Waals surface area (Å²) >= 11 is 1.17. The third kappa shape index (κ3) is 10.6. The van der Waals surface area contributed by atoms with Crippen LogP contribution in [-0.2, 0) is 9.53 Å². The topological polar surface area (TPSA) is 26.3 Å². The smallest absolute Gasteiger partial charge is 1.00 e. The largest absolute Gasteiger partial charge is 1.00 e. The van der Waals surface area contributed by atoms with E-state index in [9.17, 15) is 4.79 Å². The van der Waals surface area contributed by atoms with E-state index in [0.717, 1.165) is 0 Å². The summed E-state index contributed by atoms with van der Waals surface area (Å²) in [5, 5.41) is 0.0989. The molecule has 0 aliphatic rings. The van der Waals surface area contributed by atoms with Gasteiger partial charge in [-0.05, 0) is 0 Å². The number of methoxy groups -OCH3 is 1. The number of rotatable bonds is 2. The summed E-state index contributed by atoms with van der Waals surface area (Å²) in [7, 11) is 1.57. The third-order valence-electron chi connectivity index (χ3n) is 0.380. The first-order valence-corrected chi connectivity index (χ1v) is 2.88. The van der Waals surface area contributed by atoms with Gasteiger partial charge in [0.05, 0.1) is 5.94 Å². The van der Waals surface area contributed by atoms with Gasteiger partial charge in [-0.15, -0.1) is 0 Å². The molecule has 0 aromatic carbocycles. The normalized spacial score (nSPS) is 7.75. The minimum absolute atomic E-state index is 0. The summed E-state index contributed by atoms with van der Waals surface area (Å²) in [5.41, 5.74) is 0. The summed E-state index contributed by atoms with van der Waals surface area (Å²) in [6.07, 6.45) is 0. The molecule has 2 nitrogen and oxygen atoms in total. The Morgan fingerprint density at radius 3 is 2.50 bits per heavy atom. The van der Waals surface area contributed by atoms with Crippen LogP contribution in [0.25, 0.3) is 0 Å². The van der Waals surface area contributed by atoms with Crippen molar-refractivity contribution < 1.29 is 62.3 Å². The molecule has 0 bridgehead atoms. The number of carbonyl (C=O) groups excluding carboxylic acids is 1. The van der Waals surface area contributed by atoms with Crippen LogP contribution in [0.3, 0.4) is 0 Å². The molecule has 0 fully saturated rings. The van der Waals surface area contributed by atoms with E-state index in [1.54, 1.807) is 7.11 Å². The molecule has 0 aromatic rings. The fourth-order valence-corrected chi connectivity index (χ4v) is 0.426. The quantitative estimate of drug-likeness (QED) is 0.345. The zero-order valence-electron chi connectivity index (χ0n) is 6.43. The van der Waals surface area contributed by atoms with Gasteiger partial charge < -0.3 is 6.16 Å². The summed E-state index contributed by atoms with van der Waals surface area (Å²) in [6, 6.07) is 0. The maximum Gasteiger partial charge on any atom is 1.00 e. The first kappa shape index (κ1) is 12.3. The minimum Gasteiger partial charge on any atom is -1.00 e. The Bertz CT molecular complexity index is 71.6.